The number of nitrogens with two attached hydrogens (primary N) is 1. The number of hydrogen-bond acceptors (Lipinski definition) is 2. The first-order valence-electron chi connectivity index (χ1n) is 6.42. The summed E-state index contributed by atoms with van der Waals surface area (Å²) in [7, 11) is 0. The van der Waals surface area contributed by atoms with E-state index in [2.05, 4.69) is 39.6 Å². The summed E-state index contributed by atoms with van der Waals surface area (Å²) in [4.78, 5) is 4.67. The summed E-state index contributed by atoms with van der Waals surface area (Å²) in [6.45, 7) is 10.6. The third-order valence-electron chi connectivity index (χ3n) is 2.78. The molecule has 2 N–H and O–H groups in total. The number of hydrogen-bond donors (Lipinski definition) is 1. The highest BCUT2D eigenvalue weighted by Crippen LogP contribution is 2.22. The van der Waals surface area contributed by atoms with Gasteiger partial charge in [-0.05, 0) is 24.1 Å². The molecule has 0 fully saturated rings. The van der Waals surface area contributed by atoms with Gasteiger partial charge in [-0.1, -0.05) is 52.8 Å². The average molecular weight is 244 g/mol. The Hall–Kier alpha value is -1.57. The summed E-state index contributed by atoms with van der Waals surface area (Å²) in [5.74, 6) is 0.353. The van der Waals surface area contributed by atoms with E-state index in [0.717, 1.165) is 17.1 Å². The zero-order valence-electron chi connectivity index (χ0n) is 12.1. The highest BCUT2D eigenvalue weighted by molar-refractivity contribution is 5.98. The van der Waals surface area contributed by atoms with Crippen LogP contribution in [-0.4, -0.2) is 5.71 Å². The van der Waals surface area contributed by atoms with Crippen molar-refractivity contribution in [2.75, 3.05) is 0 Å². The van der Waals surface area contributed by atoms with Crippen LogP contribution in [0.25, 0.3) is 0 Å². The van der Waals surface area contributed by atoms with E-state index in [1.165, 1.54) is 0 Å². The summed E-state index contributed by atoms with van der Waals surface area (Å²) in [6.07, 6.45) is 2.01. The lowest BCUT2D eigenvalue weighted by atomic mass is 9.90. The maximum absolute atomic E-state index is 6.12. The number of aliphatic imine (C=N–C) groups is 1. The van der Waals surface area contributed by atoms with Crippen molar-refractivity contribution in [3.8, 4) is 0 Å². The fourth-order valence-corrected chi connectivity index (χ4v) is 1.36. The summed E-state index contributed by atoms with van der Waals surface area (Å²) in [5, 5.41) is 0. The minimum atomic E-state index is -0.0215. The van der Waals surface area contributed by atoms with Crippen LogP contribution in [0.5, 0.6) is 0 Å². The van der Waals surface area contributed by atoms with E-state index in [4.69, 9.17) is 5.73 Å². The lowest BCUT2D eigenvalue weighted by Gasteiger charge is -2.20. The lowest BCUT2D eigenvalue weighted by molar-refractivity contribution is 0.498. The molecule has 1 aromatic rings. The van der Waals surface area contributed by atoms with Gasteiger partial charge >= 0.3 is 0 Å². The highest BCUT2D eigenvalue weighted by atomic mass is 14.8. The Morgan fingerprint density at radius 1 is 1.17 bits per heavy atom. The molecule has 1 aromatic carbocycles. The van der Waals surface area contributed by atoms with Gasteiger partial charge in [0.05, 0.1) is 5.69 Å². The van der Waals surface area contributed by atoms with Gasteiger partial charge in [0.1, 0.15) is 0 Å². The molecule has 0 aromatic heterocycles. The molecular formula is C16H24N2. The second-order valence-corrected chi connectivity index (χ2v) is 5.88. The van der Waals surface area contributed by atoms with Crippen LogP contribution in [0.3, 0.4) is 0 Å². The minimum absolute atomic E-state index is 0.0215. The summed E-state index contributed by atoms with van der Waals surface area (Å²) in [5.41, 5.74) is 8.96. The van der Waals surface area contributed by atoms with Gasteiger partial charge in [-0.15, -0.1) is 0 Å². The fourth-order valence-electron chi connectivity index (χ4n) is 1.36. The van der Waals surface area contributed by atoms with Gasteiger partial charge in [0.2, 0.25) is 0 Å². The fraction of sp³-hybridized carbons (Fsp3) is 0.438. The number of benzene rings is 1. The van der Waals surface area contributed by atoms with Gasteiger partial charge in [0, 0.05) is 16.8 Å². The van der Waals surface area contributed by atoms with Crippen molar-refractivity contribution in [1.29, 1.82) is 0 Å². The molecule has 0 bridgehead atoms. The molecule has 0 radical (unpaired) electrons. The molecule has 18 heavy (non-hydrogen) atoms. The predicted molar refractivity (Wildman–Crippen MR) is 80.1 cm³/mol. The Balaban J connectivity index is 3.09. The van der Waals surface area contributed by atoms with Crippen LogP contribution >= 0.6 is 0 Å². The van der Waals surface area contributed by atoms with Crippen LogP contribution in [0, 0.1) is 11.3 Å². The van der Waals surface area contributed by atoms with Crippen LogP contribution < -0.4 is 5.73 Å². The zero-order chi connectivity index (χ0) is 13.8. The Labute approximate surface area is 111 Å². The van der Waals surface area contributed by atoms with Crippen LogP contribution in [0.15, 0.2) is 47.1 Å². The van der Waals surface area contributed by atoms with Gasteiger partial charge in [-0.3, -0.25) is 4.99 Å². The Morgan fingerprint density at radius 2 is 1.72 bits per heavy atom. The first-order valence-corrected chi connectivity index (χ1v) is 6.42. The molecule has 0 heterocycles. The molecule has 98 valence electrons. The van der Waals surface area contributed by atoms with E-state index in [1.54, 1.807) is 0 Å². The maximum Gasteiger partial charge on any atom is 0.0633 e. The van der Waals surface area contributed by atoms with Crippen LogP contribution in [0.2, 0.25) is 0 Å². The quantitative estimate of drug-likeness (QED) is 0.791. The third kappa shape index (κ3) is 4.36. The van der Waals surface area contributed by atoms with Crippen molar-refractivity contribution in [3.63, 3.8) is 0 Å². The smallest absolute Gasteiger partial charge is 0.0633 e. The van der Waals surface area contributed by atoms with E-state index < -0.39 is 0 Å². The SMILES string of the molecule is CC(C)C(C=C(N)C(C)(C)C)=Nc1ccccc1. The highest BCUT2D eigenvalue weighted by Gasteiger charge is 2.15. The van der Waals surface area contributed by atoms with E-state index >= 15 is 0 Å². The van der Waals surface area contributed by atoms with E-state index in [1.807, 2.05) is 36.4 Å². The van der Waals surface area contributed by atoms with Gasteiger partial charge in [-0.25, -0.2) is 0 Å². The molecule has 0 spiro atoms. The predicted octanol–water partition coefficient (Wildman–Crippen LogP) is 4.30. The number of para-hydroxylation sites is 1. The van der Waals surface area contributed by atoms with Gasteiger partial charge in [0.15, 0.2) is 0 Å². The lowest BCUT2D eigenvalue weighted by Crippen LogP contribution is -2.19. The van der Waals surface area contributed by atoms with Crippen molar-refractivity contribution in [1.82, 2.24) is 0 Å². The van der Waals surface area contributed by atoms with Crippen LogP contribution in [-0.2, 0) is 0 Å². The van der Waals surface area contributed by atoms with Crippen molar-refractivity contribution in [3.05, 3.63) is 42.1 Å². The molecule has 0 aliphatic carbocycles. The van der Waals surface area contributed by atoms with E-state index in [-0.39, 0.29) is 5.41 Å². The van der Waals surface area contributed by atoms with Gasteiger partial charge in [0.25, 0.3) is 0 Å². The Morgan fingerprint density at radius 3 is 2.17 bits per heavy atom. The molecule has 2 nitrogen and oxygen atoms in total. The van der Waals surface area contributed by atoms with Crippen molar-refractivity contribution in [2.24, 2.45) is 22.1 Å². The first kappa shape index (κ1) is 14.5. The summed E-state index contributed by atoms with van der Waals surface area (Å²) < 4.78 is 0. The van der Waals surface area contributed by atoms with Crippen molar-refractivity contribution < 1.29 is 0 Å². The molecule has 1 rings (SSSR count). The average Bonchev–Trinajstić information content (AvgIpc) is 2.28. The Kier molecular flexibility index (Phi) is 4.71. The van der Waals surface area contributed by atoms with E-state index in [9.17, 15) is 0 Å². The van der Waals surface area contributed by atoms with Gasteiger partial charge < -0.3 is 5.73 Å². The summed E-state index contributed by atoms with van der Waals surface area (Å²) in [6, 6.07) is 9.99. The molecule has 0 amide bonds. The molecule has 0 unspecified atom stereocenters. The standard InChI is InChI=1S/C16H24N2/c1-12(2)14(11-15(17)16(3,4)5)18-13-9-7-6-8-10-13/h6-12H,17H2,1-5H3. The molecule has 0 aliphatic rings. The topological polar surface area (TPSA) is 38.4 Å². The second-order valence-electron chi connectivity index (χ2n) is 5.88. The van der Waals surface area contributed by atoms with Gasteiger partial charge in [-0.2, -0.15) is 0 Å². The largest absolute Gasteiger partial charge is 0.402 e. The second kappa shape index (κ2) is 5.85. The molecule has 0 aliphatic heterocycles. The van der Waals surface area contributed by atoms with Crippen molar-refractivity contribution in [2.45, 2.75) is 34.6 Å². The molecule has 0 saturated heterocycles. The van der Waals surface area contributed by atoms with Crippen molar-refractivity contribution >= 4 is 11.4 Å². The molecule has 0 atom stereocenters. The monoisotopic (exact) mass is 244 g/mol. The van der Waals surface area contributed by atoms with E-state index in [0.29, 0.717) is 5.92 Å². The molecule has 0 saturated carbocycles. The number of nitrogens with zero attached hydrogens (tertiary/aromatic N) is 1. The number of rotatable bonds is 3. The number of allylic oxidation sites excluding steroid dienone is 2. The Bertz CT molecular complexity index is 434. The minimum Gasteiger partial charge on any atom is -0.402 e. The maximum atomic E-state index is 6.12. The zero-order valence-corrected chi connectivity index (χ0v) is 12.1. The normalized spacial score (nSPS) is 14.1. The molecular weight excluding hydrogens is 220 g/mol. The first-order chi connectivity index (χ1) is 8.30. The third-order valence-corrected chi connectivity index (χ3v) is 2.78. The summed E-state index contributed by atoms with van der Waals surface area (Å²) >= 11 is 0. The van der Waals surface area contributed by atoms with Crippen LogP contribution in [0.4, 0.5) is 5.69 Å². The van der Waals surface area contributed by atoms with Crippen LogP contribution in [0.1, 0.15) is 34.6 Å². The molecule has 2 heteroatoms.